The van der Waals surface area contributed by atoms with Crippen LogP contribution in [0.25, 0.3) is 16.5 Å². The maximum Gasteiger partial charge on any atom is 0.205 e. The molecule has 2 aliphatic heterocycles. The number of fused-ring (bicyclic) bond motifs is 6. The third-order valence-corrected chi connectivity index (χ3v) is 5.64. The molecule has 4 nitrogen and oxygen atoms in total. The van der Waals surface area contributed by atoms with Crippen LogP contribution in [0.3, 0.4) is 0 Å². The SMILES string of the molecule is Oc1c2c(c(O)n1-c1ccc(Br)c3ccccc13)[C@H]1CC[C@@H]2O1. The van der Waals surface area contributed by atoms with Crippen molar-refractivity contribution in [1.29, 1.82) is 0 Å². The predicted molar refractivity (Wildman–Crippen MR) is 90.1 cm³/mol. The first-order valence-electron chi connectivity index (χ1n) is 7.66. The van der Waals surface area contributed by atoms with Crippen molar-refractivity contribution < 1.29 is 14.9 Å². The summed E-state index contributed by atoms with van der Waals surface area (Å²) < 4.78 is 8.34. The van der Waals surface area contributed by atoms with Crippen LogP contribution in [0.2, 0.25) is 0 Å². The average molecular weight is 372 g/mol. The van der Waals surface area contributed by atoms with Crippen LogP contribution in [0.15, 0.2) is 40.9 Å². The predicted octanol–water partition coefficient (Wildman–Crippen LogP) is 4.71. The second-order valence-electron chi connectivity index (χ2n) is 6.11. The lowest BCUT2D eigenvalue weighted by Crippen LogP contribution is -1.97. The van der Waals surface area contributed by atoms with Gasteiger partial charge in [-0.1, -0.05) is 40.2 Å². The fraction of sp³-hybridized carbons (Fsp3) is 0.222. The number of hydrogen-bond acceptors (Lipinski definition) is 3. The summed E-state index contributed by atoms with van der Waals surface area (Å²) in [6.07, 6.45) is 1.61. The van der Waals surface area contributed by atoms with E-state index in [-0.39, 0.29) is 24.0 Å². The Labute approximate surface area is 141 Å². The highest BCUT2D eigenvalue weighted by molar-refractivity contribution is 9.10. The summed E-state index contributed by atoms with van der Waals surface area (Å²) >= 11 is 3.56. The highest BCUT2D eigenvalue weighted by atomic mass is 79.9. The fourth-order valence-corrected chi connectivity index (χ4v) is 4.43. The van der Waals surface area contributed by atoms with Crippen molar-refractivity contribution in [2.45, 2.75) is 25.0 Å². The lowest BCUT2D eigenvalue weighted by Gasteiger charge is -2.13. The molecular formula is C18H14BrNO3. The van der Waals surface area contributed by atoms with Crippen LogP contribution in [0.4, 0.5) is 0 Å². The molecule has 2 aromatic carbocycles. The van der Waals surface area contributed by atoms with Gasteiger partial charge < -0.3 is 14.9 Å². The first kappa shape index (κ1) is 13.5. The highest BCUT2D eigenvalue weighted by Crippen LogP contribution is 2.58. The van der Waals surface area contributed by atoms with E-state index >= 15 is 0 Å². The third kappa shape index (κ3) is 1.64. The van der Waals surface area contributed by atoms with Crippen molar-refractivity contribution >= 4 is 26.7 Å². The van der Waals surface area contributed by atoms with Crippen LogP contribution in [0.5, 0.6) is 11.8 Å². The van der Waals surface area contributed by atoms with Gasteiger partial charge in [0, 0.05) is 9.86 Å². The number of halogens is 1. The second-order valence-corrected chi connectivity index (χ2v) is 6.97. The zero-order valence-electron chi connectivity index (χ0n) is 12.2. The monoisotopic (exact) mass is 371 g/mol. The summed E-state index contributed by atoms with van der Waals surface area (Å²) in [5.41, 5.74) is 2.28. The summed E-state index contributed by atoms with van der Waals surface area (Å²) in [6.45, 7) is 0. The largest absolute Gasteiger partial charge is 0.494 e. The van der Waals surface area contributed by atoms with E-state index in [4.69, 9.17) is 4.74 Å². The van der Waals surface area contributed by atoms with Gasteiger partial charge in [-0.2, -0.15) is 0 Å². The summed E-state index contributed by atoms with van der Waals surface area (Å²) in [5.74, 6) is 0.189. The molecule has 3 aromatic rings. The van der Waals surface area contributed by atoms with Gasteiger partial charge >= 0.3 is 0 Å². The maximum absolute atomic E-state index is 10.7. The lowest BCUT2D eigenvalue weighted by molar-refractivity contribution is 0.0683. The van der Waals surface area contributed by atoms with E-state index in [0.29, 0.717) is 0 Å². The lowest BCUT2D eigenvalue weighted by atomic mass is 9.95. The summed E-state index contributed by atoms with van der Waals surface area (Å²) in [6, 6.07) is 11.8. The number of benzene rings is 2. The molecule has 2 aliphatic rings. The molecular weight excluding hydrogens is 358 g/mol. The van der Waals surface area contributed by atoms with E-state index in [1.54, 1.807) is 4.57 Å². The van der Waals surface area contributed by atoms with E-state index < -0.39 is 0 Å². The van der Waals surface area contributed by atoms with Crippen LogP contribution in [0, 0.1) is 0 Å². The summed E-state index contributed by atoms with van der Waals surface area (Å²) in [4.78, 5) is 0. The molecule has 0 spiro atoms. The average Bonchev–Trinajstić information content (AvgIpc) is 3.24. The number of aromatic nitrogens is 1. The molecule has 1 fully saturated rings. The minimum absolute atomic E-state index is 0.0936. The van der Waals surface area contributed by atoms with Crippen molar-refractivity contribution in [1.82, 2.24) is 4.57 Å². The van der Waals surface area contributed by atoms with Crippen LogP contribution < -0.4 is 0 Å². The first-order valence-corrected chi connectivity index (χ1v) is 8.45. The zero-order valence-corrected chi connectivity index (χ0v) is 13.7. The number of ether oxygens (including phenoxy) is 1. The van der Waals surface area contributed by atoms with Gasteiger partial charge in [0.15, 0.2) is 0 Å². The van der Waals surface area contributed by atoms with Crippen molar-refractivity contribution in [2.75, 3.05) is 0 Å². The van der Waals surface area contributed by atoms with E-state index in [1.165, 1.54) is 0 Å². The van der Waals surface area contributed by atoms with E-state index in [0.717, 1.165) is 44.9 Å². The van der Waals surface area contributed by atoms with Gasteiger partial charge in [0.25, 0.3) is 0 Å². The van der Waals surface area contributed by atoms with Crippen LogP contribution >= 0.6 is 15.9 Å². The van der Waals surface area contributed by atoms with E-state index in [9.17, 15) is 10.2 Å². The maximum atomic E-state index is 10.7. The number of nitrogens with zero attached hydrogens (tertiary/aromatic N) is 1. The topological polar surface area (TPSA) is 54.6 Å². The normalized spacial score (nSPS) is 22.0. The number of aromatic hydroxyl groups is 2. The van der Waals surface area contributed by atoms with Crippen molar-refractivity contribution in [3.8, 4) is 17.4 Å². The molecule has 1 aromatic heterocycles. The Morgan fingerprint density at radius 1 is 0.913 bits per heavy atom. The van der Waals surface area contributed by atoms with Crippen LogP contribution in [-0.2, 0) is 4.74 Å². The smallest absolute Gasteiger partial charge is 0.205 e. The van der Waals surface area contributed by atoms with Crippen molar-refractivity contribution in [2.24, 2.45) is 0 Å². The molecule has 116 valence electrons. The van der Waals surface area contributed by atoms with Gasteiger partial charge in [0.2, 0.25) is 11.8 Å². The Morgan fingerprint density at radius 3 is 2.17 bits per heavy atom. The van der Waals surface area contributed by atoms with Gasteiger partial charge in [-0.05, 0) is 30.4 Å². The molecule has 2 N–H and O–H groups in total. The Balaban J connectivity index is 1.84. The van der Waals surface area contributed by atoms with Crippen molar-refractivity contribution in [3.63, 3.8) is 0 Å². The van der Waals surface area contributed by atoms with Crippen LogP contribution in [-0.4, -0.2) is 14.8 Å². The van der Waals surface area contributed by atoms with Gasteiger partial charge in [0.1, 0.15) is 0 Å². The quantitative estimate of drug-likeness (QED) is 0.651. The van der Waals surface area contributed by atoms with Crippen LogP contribution in [0.1, 0.15) is 36.2 Å². The molecule has 0 radical (unpaired) electrons. The zero-order chi connectivity index (χ0) is 15.7. The molecule has 2 bridgehead atoms. The van der Waals surface area contributed by atoms with Gasteiger partial charge in [-0.15, -0.1) is 0 Å². The fourth-order valence-electron chi connectivity index (χ4n) is 3.95. The second kappa shape index (κ2) is 4.52. The van der Waals surface area contributed by atoms with E-state index in [2.05, 4.69) is 15.9 Å². The molecule has 0 saturated carbocycles. The molecule has 23 heavy (non-hydrogen) atoms. The van der Waals surface area contributed by atoms with E-state index in [1.807, 2.05) is 36.4 Å². The van der Waals surface area contributed by atoms with Crippen molar-refractivity contribution in [3.05, 3.63) is 52.0 Å². The number of hydrogen-bond donors (Lipinski definition) is 2. The molecule has 3 heterocycles. The standard InChI is InChI=1S/C18H14BrNO3/c19-11-5-6-12(10-4-2-1-3-9(10)11)20-17(21)15-13-7-8-14(23-13)16(15)18(20)22/h1-6,13-14,21-22H,7-8H2/t13-,14+. The number of rotatable bonds is 1. The Kier molecular flexibility index (Phi) is 2.65. The molecule has 2 atom stereocenters. The molecule has 0 amide bonds. The Hall–Kier alpha value is -1.98. The minimum Gasteiger partial charge on any atom is -0.494 e. The molecule has 0 aliphatic carbocycles. The molecule has 1 saturated heterocycles. The summed E-state index contributed by atoms with van der Waals surface area (Å²) in [7, 11) is 0. The Morgan fingerprint density at radius 2 is 1.52 bits per heavy atom. The third-order valence-electron chi connectivity index (χ3n) is 4.95. The Bertz CT molecular complexity index is 929. The summed E-state index contributed by atoms with van der Waals surface area (Å²) in [5, 5.41) is 23.5. The minimum atomic E-state index is -0.0936. The molecule has 5 rings (SSSR count). The first-order chi connectivity index (χ1) is 11.2. The van der Waals surface area contributed by atoms with Gasteiger partial charge in [-0.3, -0.25) is 4.57 Å². The molecule has 0 unspecified atom stereocenters. The highest BCUT2D eigenvalue weighted by Gasteiger charge is 2.45. The van der Waals surface area contributed by atoms with Gasteiger partial charge in [0.05, 0.1) is 29.0 Å². The van der Waals surface area contributed by atoms with Gasteiger partial charge in [-0.25, -0.2) is 0 Å². The molecule has 5 heteroatoms.